The van der Waals surface area contributed by atoms with E-state index >= 15 is 0 Å². The lowest BCUT2D eigenvalue weighted by Crippen LogP contribution is -2.39. The molecular weight excluding hydrogens is 480 g/mol. The molecule has 2 heterocycles. The molecule has 9 heteroatoms. The molecule has 0 bridgehead atoms. The molecule has 0 atom stereocenters. The van der Waals surface area contributed by atoms with Crippen molar-refractivity contribution in [2.45, 2.75) is 18.7 Å². The topological polar surface area (TPSA) is 107 Å². The first-order valence-electron chi connectivity index (χ1n) is 11.0. The van der Waals surface area contributed by atoms with Gasteiger partial charge in [-0.3, -0.25) is 9.78 Å². The molecule has 0 aliphatic heterocycles. The van der Waals surface area contributed by atoms with Gasteiger partial charge in [0.05, 0.1) is 16.8 Å². The van der Waals surface area contributed by atoms with Crippen LogP contribution in [0.4, 0.5) is 10.5 Å². The molecule has 36 heavy (non-hydrogen) atoms. The van der Waals surface area contributed by atoms with Crippen molar-refractivity contribution in [3.63, 3.8) is 0 Å². The number of carbonyl (C=O) groups excluding carboxylic acids is 2. The molecule has 0 saturated carbocycles. The molecule has 0 N–H and O–H groups in total. The van der Waals surface area contributed by atoms with Crippen LogP contribution in [-0.4, -0.2) is 25.3 Å². The molecule has 0 radical (unpaired) electrons. The third-order valence-corrected chi connectivity index (χ3v) is 7.39. The average Bonchev–Trinajstić information content (AvgIpc) is 3.19. The van der Waals surface area contributed by atoms with Gasteiger partial charge in [0.15, 0.2) is 5.78 Å². The quantitative estimate of drug-likeness (QED) is 0.277. The smallest absolute Gasteiger partial charge is 0.434 e. The van der Waals surface area contributed by atoms with Gasteiger partial charge in [-0.05, 0) is 56.3 Å². The van der Waals surface area contributed by atoms with Gasteiger partial charge in [-0.1, -0.05) is 36.4 Å². The first-order valence-corrected chi connectivity index (χ1v) is 12.4. The number of amides is 1. The zero-order valence-corrected chi connectivity index (χ0v) is 20.2. The van der Waals surface area contributed by atoms with Gasteiger partial charge in [0, 0.05) is 17.0 Å². The Morgan fingerprint density at radius 2 is 1.69 bits per heavy atom. The minimum atomic E-state index is -4.51. The van der Waals surface area contributed by atoms with Gasteiger partial charge in [0.25, 0.3) is 10.0 Å². The summed E-state index contributed by atoms with van der Waals surface area (Å²) in [7, 11) is -4.51. The molecule has 1 amide bonds. The van der Waals surface area contributed by atoms with E-state index in [1.165, 1.54) is 37.4 Å². The Balaban J connectivity index is 1.72. The predicted octanol–water partition coefficient (Wildman–Crippen LogP) is 5.89. The Hall–Kier alpha value is -4.50. The summed E-state index contributed by atoms with van der Waals surface area (Å²) in [5.41, 5.74) is 0.899. The fourth-order valence-electron chi connectivity index (χ4n) is 4.13. The van der Waals surface area contributed by atoms with Gasteiger partial charge in [-0.2, -0.15) is 4.31 Å². The molecule has 8 nitrogen and oxygen atoms in total. The normalized spacial score (nSPS) is 11.5. The molecule has 3 aromatic carbocycles. The maximum atomic E-state index is 14.0. The number of aryl methyl sites for hydroxylation is 1. The van der Waals surface area contributed by atoms with Gasteiger partial charge in [0.2, 0.25) is 0 Å². The van der Waals surface area contributed by atoms with Gasteiger partial charge in [-0.25, -0.2) is 13.2 Å². The third kappa shape index (κ3) is 3.99. The van der Waals surface area contributed by atoms with E-state index in [0.29, 0.717) is 32.0 Å². The van der Waals surface area contributed by atoms with Gasteiger partial charge >= 0.3 is 6.09 Å². The molecule has 0 fully saturated rings. The van der Waals surface area contributed by atoms with Crippen LogP contribution in [0.2, 0.25) is 0 Å². The summed E-state index contributed by atoms with van der Waals surface area (Å²) >= 11 is 0. The number of ketones is 1. The molecular formula is C27H20N2O6S. The molecule has 5 rings (SSSR count). The maximum absolute atomic E-state index is 14.0. The minimum absolute atomic E-state index is 0.0142. The van der Waals surface area contributed by atoms with Crippen molar-refractivity contribution in [3.8, 4) is 5.75 Å². The third-order valence-electron chi connectivity index (χ3n) is 5.66. The number of furan rings is 1. The number of nitrogens with zero attached hydrogens (tertiary/aromatic N) is 2. The second kappa shape index (κ2) is 8.94. The largest absolute Gasteiger partial charge is 0.461 e. The summed E-state index contributed by atoms with van der Waals surface area (Å²) in [6.45, 7) is 3.04. The first-order chi connectivity index (χ1) is 17.3. The molecule has 2 aromatic heterocycles. The summed E-state index contributed by atoms with van der Waals surface area (Å²) in [6, 6.07) is 20.6. The highest BCUT2D eigenvalue weighted by atomic mass is 32.2. The molecule has 180 valence electrons. The summed E-state index contributed by atoms with van der Waals surface area (Å²) in [4.78, 5) is 29.8. The predicted molar refractivity (Wildman–Crippen MR) is 135 cm³/mol. The number of ether oxygens (including phenoxy) is 1. The molecule has 0 unspecified atom stereocenters. The summed E-state index contributed by atoms with van der Waals surface area (Å²) in [5.74, 6) is 0.320. The van der Waals surface area contributed by atoms with Crippen LogP contribution in [0.1, 0.15) is 23.0 Å². The summed E-state index contributed by atoms with van der Waals surface area (Å²) < 4.78 is 39.8. The average molecular weight is 501 g/mol. The fourth-order valence-corrected chi connectivity index (χ4v) is 5.61. The van der Waals surface area contributed by atoms with Crippen LogP contribution >= 0.6 is 0 Å². The van der Waals surface area contributed by atoms with Crippen molar-refractivity contribution in [3.05, 3.63) is 96.4 Å². The Kier molecular flexibility index (Phi) is 5.77. The lowest BCUT2D eigenvalue weighted by Gasteiger charge is -2.22. The number of aromatic nitrogens is 1. The molecule has 0 saturated heterocycles. The van der Waals surface area contributed by atoms with Crippen molar-refractivity contribution in [2.75, 3.05) is 4.31 Å². The van der Waals surface area contributed by atoms with Crippen molar-refractivity contribution in [1.82, 2.24) is 4.98 Å². The molecule has 5 aromatic rings. The molecule has 0 aliphatic rings. The minimum Gasteiger partial charge on any atom is -0.461 e. The monoisotopic (exact) mass is 500 g/mol. The molecule has 0 spiro atoms. The molecule has 0 aliphatic carbocycles. The Labute approximate surface area is 206 Å². The van der Waals surface area contributed by atoms with E-state index in [1.54, 1.807) is 61.5 Å². The highest BCUT2D eigenvalue weighted by Gasteiger charge is 2.35. The van der Waals surface area contributed by atoms with Crippen molar-refractivity contribution < 1.29 is 27.2 Å². The van der Waals surface area contributed by atoms with Crippen LogP contribution in [0.5, 0.6) is 5.75 Å². The Morgan fingerprint density at radius 3 is 2.44 bits per heavy atom. The number of benzene rings is 3. The Morgan fingerprint density at radius 1 is 0.944 bits per heavy atom. The lowest BCUT2D eigenvalue weighted by molar-refractivity contribution is 0.101. The fraction of sp³-hybridized carbons (Fsp3) is 0.0741. The van der Waals surface area contributed by atoms with E-state index in [0.717, 1.165) is 0 Å². The van der Waals surface area contributed by atoms with Crippen LogP contribution in [0.3, 0.4) is 0 Å². The van der Waals surface area contributed by atoms with E-state index in [2.05, 4.69) is 4.98 Å². The number of Topliss-reactive ketones (excluding diaryl/α,β-unsaturated/α-hetero) is 1. The number of sulfonamides is 1. The highest BCUT2D eigenvalue weighted by molar-refractivity contribution is 7.93. The standard InChI is InChI=1S/C27H20N2O6S/c1-17(30)25-18(2)34-23-14-13-20(16-22(23)25)29(27(31)35-21-10-4-3-5-11-21)36(32,33)24-12-6-8-19-9-7-15-28-26(19)24/h3-16H,1-2H3. The second-order valence-corrected chi connectivity index (χ2v) is 9.81. The van der Waals surface area contributed by atoms with Crippen LogP contribution < -0.4 is 9.04 Å². The second-order valence-electron chi connectivity index (χ2n) is 8.05. The van der Waals surface area contributed by atoms with E-state index < -0.39 is 16.1 Å². The summed E-state index contributed by atoms with van der Waals surface area (Å²) in [5, 5.41) is 0.982. The van der Waals surface area contributed by atoms with E-state index in [-0.39, 0.29) is 27.6 Å². The van der Waals surface area contributed by atoms with Crippen LogP contribution in [0.25, 0.3) is 21.9 Å². The van der Waals surface area contributed by atoms with E-state index in [1.807, 2.05) is 0 Å². The van der Waals surface area contributed by atoms with E-state index in [4.69, 9.17) is 9.15 Å². The van der Waals surface area contributed by atoms with Crippen molar-refractivity contribution in [1.29, 1.82) is 0 Å². The van der Waals surface area contributed by atoms with Gasteiger partial charge < -0.3 is 9.15 Å². The van der Waals surface area contributed by atoms with Gasteiger partial charge in [-0.15, -0.1) is 0 Å². The highest BCUT2D eigenvalue weighted by Crippen LogP contribution is 2.34. The number of carbonyl (C=O) groups is 2. The number of para-hydroxylation sites is 2. The van der Waals surface area contributed by atoms with Crippen molar-refractivity contribution >= 4 is 49.5 Å². The number of pyridine rings is 1. The van der Waals surface area contributed by atoms with Crippen LogP contribution in [-0.2, 0) is 10.0 Å². The maximum Gasteiger partial charge on any atom is 0.434 e. The number of fused-ring (bicyclic) bond motifs is 2. The Bertz CT molecular complexity index is 1740. The number of hydrogen-bond donors (Lipinski definition) is 0. The van der Waals surface area contributed by atoms with Crippen LogP contribution in [0, 0.1) is 6.92 Å². The number of rotatable bonds is 5. The first kappa shape index (κ1) is 23.3. The SMILES string of the molecule is CC(=O)c1c(C)oc2ccc(N(C(=O)Oc3ccccc3)S(=O)(=O)c3cccc4cccnc34)cc12. The zero-order chi connectivity index (χ0) is 25.4. The zero-order valence-electron chi connectivity index (χ0n) is 19.3. The van der Waals surface area contributed by atoms with E-state index in [9.17, 15) is 18.0 Å². The number of anilines is 1. The summed E-state index contributed by atoms with van der Waals surface area (Å²) in [6.07, 6.45) is 0.339. The number of hydrogen-bond acceptors (Lipinski definition) is 7. The van der Waals surface area contributed by atoms with Gasteiger partial charge in [0.1, 0.15) is 22.0 Å². The van der Waals surface area contributed by atoms with Crippen molar-refractivity contribution in [2.24, 2.45) is 0 Å². The van der Waals surface area contributed by atoms with Crippen LogP contribution in [0.15, 0.2) is 94.4 Å². The lowest BCUT2D eigenvalue weighted by atomic mass is 10.1.